The highest BCUT2D eigenvalue weighted by Gasteiger charge is 2.50. The highest BCUT2D eigenvalue weighted by molar-refractivity contribution is 6.22. The van der Waals surface area contributed by atoms with Crippen LogP contribution in [0.15, 0.2) is 54.6 Å². The van der Waals surface area contributed by atoms with Gasteiger partial charge in [-0.1, -0.05) is 31.2 Å². The molecular weight excluding hydrogens is 444 g/mol. The minimum atomic E-state index is -0.600. The third kappa shape index (κ3) is 4.16. The SMILES string of the molecule is Cc1cc(C)cc(N2C[C@@H](C(=O)Oc3cccc(N4C(=O)[C@H]5[C@H](CC=C[C@@H]5C)C4=O)c3)CC2=O)c1. The molecule has 0 spiro atoms. The number of benzene rings is 2. The van der Waals surface area contributed by atoms with E-state index in [2.05, 4.69) is 0 Å². The Kier molecular flexibility index (Phi) is 5.79. The number of imide groups is 1. The number of nitrogens with zero attached hydrogens (tertiary/aromatic N) is 2. The van der Waals surface area contributed by atoms with Crippen LogP contribution in [0.4, 0.5) is 11.4 Å². The van der Waals surface area contributed by atoms with Crippen LogP contribution in [0.2, 0.25) is 0 Å². The Balaban J connectivity index is 1.30. The van der Waals surface area contributed by atoms with E-state index in [1.165, 1.54) is 4.90 Å². The van der Waals surface area contributed by atoms with Gasteiger partial charge in [0.25, 0.3) is 0 Å². The first-order valence-electron chi connectivity index (χ1n) is 12.0. The summed E-state index contributed by atoms with van der Waals surface area (Å²) < 4.78 is 5.61. The van der Waals surface area contributed by atoms with Crippen molar-refractivity contribution in [3.63, 3.8) is 0 Å². The summed E-state index contributed by atoms with van der Waals surface area (Å²) in [6, 6.07) is 12.4. The van der Waals surface area contributed by atoms with Crippen LogP contribution in [0.25, 0.3) is 0 Å². The van der Waals surface area contributed by atoms with E-state index in [-0.39, 0.29) is 54.2 Å². The van der Waals surface area contributed by atoms with Gasteiger partial charge in [-0.3, -0.25) is 19.2 Å². The van der Waals surface area contributed by atoms with Gasteiger partial charge in [-0.15, -0.1) is 0 Å². The molecule has 2 aromatic rings. The van der Waals surface area contributed by atoms with Gasteiger partial charge in [-0.2, -0.15) is 0 Å². The first kappa shape index (κ1) is 23.0. The summed E-state index contributed by atoms with van der Waals surface area (Å²) >= 11 is 0. The summed E-state index contributed by atoms with van der Waals surface area (Å²) in [5.74, 6) is -2.14. The van der Waals surface area contributed by atoms with Crippen molar-refractivity contribution in [2.45, 2.75) is 33.6 Å². The molecule has 180 valence electrons. The van der Waals surface area contributed by atoms with E-state index in [1.807, 2.05) is 51.1 Å². The minimum absolute atomic E-state index is 0.00347. The summed E-state index contributed by atoms with van der Waals surface area (Å²) in [7, 11) is 0. The summed E-state index contributed by atoms with van der Waals surface area (Å²) in [5, 5.41) is 0. The number of carbonyl (C=O) groups excluding carboxylic acids is 4. The average molecular weight is 473 g/mol. The van der Waals surface area contributed by atoms with Gasteiger partial charge in [0.15, 0.2) is 0 Å². The molecule has 2 aliphatic heterocycles. The highest BCUT2D eigenvalue weighted by atomic mass is 16.5. The van der Waals surface area contributed by atoms with Gasteiger partial charge in [0.2, 0.25) is 17.7 Å². The van der Waals surface area contributed by atoms with Gasteiger partial charge in [0, 0.05) is 24.7 Å². The number of rotatable bonds is 4. The van der Waals surface area contributed by atoms with Crippen LogP contribution in [-0.4, -0.2) is 30.2 Å². The number of esters is 1. The molecule has 2 saturated heterocycles. The van der Waals surface area contributed by atoms with E-state index in [1.54, 1.807) is 29.2 Å². The Labute approximate surface area is 204 Å². The minimum Gasteiger partial charge on any atom is -0.426 e. The van der Waals surface area contributed by atoms with E-state index in [0.717, 1.165) is 16.8 Å². The number of carbonyl (C=O) groups is 4. The second-order valence-corrected chi connectivity index (χ2v) is 9.84. The molecular formula is C28H28N2O5. The molecule has 3 aliphatic rings. The lowest BCUT2D eigenvalue weighted by Gasteiger charge is -2.22. The molecule has 2 aromatic carbocycles. The number of fused-ring (bicyclic) bond motifs is 1. The first-order valence-corrected chi connectivity index (χ1v) is 12.0. The molecule has 5 rings (SSSR count). The fraction of sp³-hybridized carbons (Fsp3) is 0.357. The molecule has 0 radical (unpaired) electrons. The Morgan fingerprint density at radius 1 is 0.971 bits per heavy atom. The van der Waals surface area contributed by atoms with Crippen molar-refractivity contribution in [1.29, 1.82) is 0 Å². The maximum Gasteiger partial charge on any atom is 0.316 e. The Bertz CT molecular complexity index is 1250. The molecule has 0 N–H and O–H groups in total. The third-order valence-corrected chi connectivity index (χ3v) is 7.14. The van der Waals surface area contributed by atoms with Gasteiger partial charge in [0.05, 0.1) is 23.4 Å². The summed E-state index contributed by atoms with van der Waals surface area (Å²) in [4.78, 5) is 54.5. The second-order valence-electron chi connectivity index (χ2n) is 9.84. The summed E-state index contributed by atoms with van der Waals surface area (Å²) in [6.07, 6.45) is 4.57. The van der Waals surface area contributed by atoms with Crippen LogP contribution in [-0.2, 0) is 19.2 Å². The maximum atomic E-state index is 13.1. The lowest BCUT2D eigenvalue weighted by molar-refractivity contribution is -0.139. The molecule has 0 saturated carbocycles. The van der Waals surface area contributed by atoms with Crippen LogP contribution in [0.3, 0.4) is 0 Å². The zero-order valence-electron chi connectivity index (χ0n) is 20.1. The van der Waals surface area contributed by atoms with Crippen LogP contribution >= 0.6 is 0 Å². The fourth-order valence-corrected chi connectivity index (χ4v) is 5.51. The van der Waals surface area contributed by atoms with Crippen molar-refractivity contribution in [3.05, 3.63) is 65.7 Å². The van der Waals surface area contributed by atoms with Gasteiger partial charge in [-0.25, -0.2) is 4.90 Å². The molecule has 35 heavy (non-hydrogen) atoms. The van der Waals surface area contributed by atoms with Gasteiger partial charge >= 0.3 is 5.97 Å². The van der Waals surface area contributed by atoms with E-state index in [4.69, 9.17) is 4.74 Å². The lowest BCUT2D eigenvalue weighted by Crippen LogP contribution is -2.31. The fourth-order valence-electron chi connectivity index (χ4n) is 5.51. The van der Waals surface area contributed by atoms with Crippen molar-refractivity contribution in [2.24, 2.45) is 23.7 Å². The molecule has 1 aliphatic carbocycles. The normalized spacial score (nSPS) is 25.9. The van der Waals surface area contributed by atoms with Gasteiger partial charge in [0.1, 0.15) is 5.75 Å². The highest BCUT2D eigenvalue weighted by Crippen LogP contribution is 2.41. The number of ether oxygens (including phenoxy) is 1. The molecule has 4 atom stereocenters. The van der Waals surface area contributed by atoms with E-state index < -0.39 is 11.9 Å². The second kappa shape index (κ2) is 8.80. The van der Waals surface area contributed by atoms with Crippen LogP contribution in [0, 0.1) is 37.5 Å². The Morgan fingerprint density at radius 3 is 2.43 bits per heavy atom. The van der Waals surface area contributed by atoms with Crippen molar-refractivity contribution >= 4 is 35.1 Å². The molecule has 0 unspecified atom stereocenters. The van der Waals surface area contributed by atoms with Gasteiger partial charge < -0.3 is 9.64 Å². The zero-order chi connectivity index (χ0) is 24.9. The van der Waals surface area contributed by atoms with Crippen molar-refractivity contribution < 1.29 is 23.9 Å². The largest absolute Gasteiger partial charge is 0.426 e. The maximum absolute atomic E-state index is 13.1. The number of aryl methyl sites for hydroxylation is 2. The van der Waals surface area contributed by atoms with Crippen LogP contribution in [0.5, 0.6) is 5.75 Å². The summed E-state index contributed by atoms with van der Waals surface area (Å²) in [5.41, 5.74) is 3.27. The standard InChI is InChI=1S/C28H28N2O5/c1-16-10-17(2)12-21(11-16)29-15-19(13-24(29)31)28(34)35-22-8-5-7-20(14-22)30-26(32)23-9-4-6-18(3)25(23)27(30)33/h4-8,10-12,14,18-19,23,25H,9,13,15H2,1-3H3/t18-,19-,23-,25+/m0/s1. The van der Waals surface area contributed by atoms with Crippen LogP contribution < -0.4 is 14.5 Å². The average Bonchev–Trinajstić information content (AvgIpc) is 3.31. The molecule has 2 heterocycles. The number of hydrogen-bond donors (Lipinski definition) is 0. The molecule has 2 fully saturated rings. The molecule has 0 bridgehead atoms. The number of hydrogen-bond acceptors (Lipinski definition) is 5. The quantitative estimate of drug-likeness (QED) is 0.291. The monoisotopic (exact) mass is 472 g/mol. The summed E-state index contributed by atoms with van der Waals surface area (Å²) in [6.45, 7) is 6.14. The number of amides is 3. The predicted molar refractivity (Wildman–Crippen MR) is 131 cm³/mol. The van der Waals surface area contributed by atoms with Crippen molar-refractivity contribution in [2.75, 3.05) is 16.3 Å². The van der Waals surface area contributed by atoms with E-state index >= 15 is 0 Å². The lowest BCUT2D eigenvalue weighted by atomic mass is 9.78. The number of anilines is 2. The Hall–Kier alpha value is -3.74. The Morgan fingerprint density at radius 2 is 1.71 bits per heavy atom. The molecule has 0 aromatic heterocycles. The molecule has 7 heteroatoms. The molecule has 3 amide bonds. The first-order chi connectivity index (χ1) is 16.7. The number of allylic oxidation sites excluding steroid dienone is 2. The van der Waals surface area contributed by atoms with Crippen molar-refractivity contribution in [1.82, 2.24) is 0 Å². The van der Waals surface area contributed by atoms with Crippen molar-refractivity contribution in [3.8, 4) is 5.75 Å². The van der Waals surface area contributed by atoms with E-state index in [0.29, 0.717) is 12.1 Å². The van der Waals surface area contributed by atoms with Crippen LogP contribution in [0.1, 0.15) is 30.9 Å². The molecule has 7 nitrogen and oxygen atoms in total. The predicted octanol–water partition coefficient (Wildman–Crippen LogP) is 3.96. The van der Waals surface area contributed by atoms with Gasteiger partial charge in [-0.05, 0) is 61.6 Å². The van der Waals surface area contributed by atoms with E-state index in [9.17, 15) is 19.2 Å². The third-order valence-electron chi connectivity index (χ3n) is 7.14. The zero-order valence-corrected chi connectivity index (χ0v) is 20.1. The smallest absolute Gasteiger partial charge is 0.316 e. The topological polar surface area (TPSA) is 84.0 Å².